The van der Waals surface area contributed by atoms with Crippen molar-refractivity contribution in [3.8, 4) is 0 Å². The molecule has 43 heavy (non-hydrogen) atoms. The Kier molecular flexibility index (Phi) is 12.2. The van der Waals surface area contributed by atoms with Crippen LogP contribution in [0, 0.1) is 6.92 Å². The van der Waals surface area contributed by atoms with Crippen molar-refractivity contribution >= 4 is 47.1 Å². The lowest BCUT2D eigenvalue weighted by molar-refractivity contribution is -0.145. The molecule has 0 fully saturated rings. The molecule has 0 spiro atoms. The highest BCUT2D eigenvalue weighted by Gasteiger charge is 2.22. The highest BCUT2D eigenvalue weighted by atomic mass is 35.5. The number of rotatable bonds is 13. The standard InChI is InChI=1S/C29H30ClN7O6/c1-18-13-23(30)37-29(34-18)33-15-22(36-26(40)20-11-7-4-8-12-20)27(41)32-16-24(38)31-17-25(39)35-21(28(42)43-2)14-19-9-5-3-6-10-19/h3-13,15,21H,14,16-17H2,1-2H3,(H,31,38)(H,32,41)(H,35,39)(H,36,40)(H,33,34,37)/b22-15+/t21-/m0/s1. The van der Waals surface area contributed by atoms with Crippen LogP contribution >= 0.6 is 11.6 Å². The summed E-state index contributed by atoms with van der Waals surface area (Å²) >= 11 is 5.96. The van der Waals surface area contributed by atoms with Crippen molar-refractivity contribution in [2.75, 3.05) is 25.5 Å². The van der Waals surface area contributed by atoms with E-state index < -0.39 is 48.7 Å². The van der Waals surface area contributed by atoms with Crippen LogP contribution in [-0.2, 0) is 30.3 Å². The Morgan fingerprint density at radius 2 is 1.56 bits per heavy atom. The number of halogens is 1. The number of ether oxygens (including phenoxy) is 1. The summed E-state index contributed by atoms with van der Waals surface area (Å²) in [6.07, 6.45) is 1.35. The SMILES string of the molecule is COC(=O)[C@H](Cc1ccccc1)NC(=O)CNC(=O)CNC(=O)/C(=C\Nc1nc(C)cc(Cl)n1)NC(=O)c1ccccc1. The maximum Gasteiger partial charge on any atom is 0.328 e. The third-order valence-corrected chi connectivity index (χ3v) is 5.85. The summed E-state index contributed by atoms with van der Waals surface area (Å²) in [6.45, 7) is 0.713. The summed E-state index contributed by atoms with van der Waals surface area (Å²) in [7, 11) is 1.21. The molecule has 2 aromatic carbocycles. The number of carbonyl (C=O) groups is 5. The van der Waals surface area contributed by atoms with Gasteiger partial charge in [0.25, 0.3) is 11.8 Å². The number of aromatic nitrogens is 2. The van der Waals surface area contributed by atoms with Crippen molar-refractivity contribution in [3.05, 3.63) is 101 Å². The molecule has 0 aliphatic heterocycles. The monoisotopic (exact) mass is 607 g/mol. The van der Waals surface area contributed by atoms with Gasteiger partial charge < -0.3 is 31.3 Å². The van der Waals surface area contributed by atoms with Gasteiger partial charge in [-0.2, -0.15) is 0 Å². The molecule has 0 radical (unpaired) electrons. The molecule has 0 saturated carbocycles. The molecule has 0 saturated heterocycles. The quantitative estimate of drug-likeness (QED) is 0.109. The van der Waals surface area contributed by atoms with E-state index in [1.807, 2.05) is 6.07 Å². The Labute approximate surface area is 252 Å². The van der Waals surface area contributed by atoms with Gasteiger partial charge in [0.2, 0.25) is 17.8 Å². The number of nitrogens with one attached hydrogen (secondary N) is 5. The molecule has 13 nitrogen and oxygen atoms in total. The minimum Gasteiger partial charge on any atom is -0.467 e. The first-order valence-corrected chi connectivity index (χ1v) is 13.3. The second-order valence-electron chi connectivity index (χ2n) is 8.97. The second kappa shape index (κ2) is 16.2. The Morgan fingerprint density at radius 1 is 0.907 bits per heavy atom. The van der Waals surface area contributed by atoms with Gasteiger partial charge in [0, 0.05) is 23.9 Å². The minimum atomic E-state index is -0.961. The van der Waals surface area contributed by atoms with E-state index in [2.05, 4.69) is 36.6 Å². The van der Waals surface area contributed by atoms with Gasteiger partial charge in [0.05, 0.1) is 20.2 Å². The molecule has 1 heterocycles. The molecule has 0 aliphatic rings. The lowest BCUT2D eigenvalue weighted by Crippen LogP contribution is -2.48. The van der Waals surface area contributed by atoms with Gasteiger partial charge in [0.15, 0.2) is 0 Å². The molecule has 3 rings (SSSR count). The van der Waals surface area contributed by atoms with E-state index in [0.717, 1.165) is 11.8 Å². The molecule has 0 aliphatic carbocycles. The molecule has 0 unspecified atom stereocenters. The third kappa shape index (κ3) is 10.9. The first-order chi connectivity index (χ1) is 20.6. The Balaban J connectivity index is 1.58. The fourth-order valence-electron chi connectivity index (χ4n) is 3.60. The van der Waals surface area contributed by atoms with Crippen LogP contribution in [0.1, 0.15) is 21.6 Å². The van der Waals surface area contributed by atoms with Gasteiger partial charge in [-0.05, 0) is 30.7 Å². The van der Waals surface area contributed by atoms with Crippen molar-refractivity contribution in [3.63, 3.8) is 0 Å². The van der Waals surface area contributed by atoms with E-state index in [9.17, 15) is 24.0 Å². The zero-order chi connectivity index (χ0) is 31.2. The van der Waals surface area contributed by atoms with E-state index in [1.54, 1.807) is 67.6 Å². The summed E-state index contributed by atoms with van der Waals surface area (Å²) in [4.78, 5) is 70.7. The number of hydrogen-bond acceptors (Lipinski definition) is 9. The van der Waals surface area contributed by atoms with Crippen molar-refractivity contribution in [1.82, 2.24) is 31.2 Å². The molecule has 224 valence electrons. The first kappa shape index (κ1) is 32.2. The fourth-order valence-corrected chi connectivity index (χ4v) is 3.84. The van der Waals surface area contributed by atoms with Gasteiger partial charge in [0.1, 0.15) is 16.9 Å². The summed E-state index contributed by atoms with van der Waals surface area (Å²) in [5, 5.41) is 12.6. The number of benzene rings is 2. The largest absolute Gasteiger partial charge is 0.467 e. The summed E-state index contributed by atoms with van der Waals surface area (Å²) in [6, 6.07) is 17.8. The lowest BCUT2D eigenvalue weighted by Gasteiger charge is -2.17. The van der Waals surface area contributed by atoms with E-state index >= 15 is 0 Å². The van der Waals surface area contributed by atoms with Crippen LogP contribution in [0.5, 0.6) is 0 Å². The zero-order valence-electron chi connectivity index (χ0n) is 23.3. The van der Waals surface area contributed by atoms with Crippen LogP contribution in [-0.4, -0.2) is 65.8 Å². The van der Waals surface area contributed by atoms with E-state index in [4.69, 9.17) is 16.3 Å². The van der Waals surface area contributed by atoms with Gasteiger partial charge in [-0.25, -0.2) is 14.8 Å². The molecule has 14 heteroatoms. The highest BCUT2D eigenvalue weighted by Crippen LogP contribution is 2.10. The minimum absolute atomic E-state index is 0.0746. The Hall–Kier alpha value is -5.30. The average Bonchev–Trinajstić information content (AvgIpc) is 3.00. The van der Waals surface area contributed by atoms with Crippen molar-refractivity contribution < 1.29 is 28.7 Å². The molecule has 4 amide bonds. The van der Waals surface area contributed by atoms with Gasteiger partial charge in [-0.1, -0.05) is 60.1 Å². The van der Waals surface area contributed by atoms with Crippen LogP contribution < -0.4 is 26.6 Å². The van der Waals surface area contributed by atoms with Gasteiger partial charge in [-0.15, -0.1) is 0 Å². The molecule has 1 aromatic heterocycles. The smallest absolute Gasteiger partial charge is 0.328 e. The summed E-state index contributed by atoms with van der Waals surface area (Å²) < 4.78 is 4.77. The van der Waals surface area contributed by atoms with E-state index in [1.165, 1.54) is 7.11 Å². The number of aryl methyl sites for hydroxylation is 1. The topological polar surface area (TPSA) is 181 Å². The van der Waals surface area contributed by atoms with E-state index in [-0.39, 0.29) is 28.8 Å². The van der Waals surface area contributed by atoms with Crippen molar-refractivity contribution in [2.24, 2.45) is 0 Å². The predicted molar refractivity (Wildman–Crippen MR) is 158 cm³/mol. The first-order valence-electron chi connectivity index (χ1n) is 12.9. The lowest BCUT2D eigenvalue weighted by atomic mass is 10.1. The number of methoxy groups -OCH3 is 1. The Morgan fingerprint density at radius 3 is 2.21 bits per heavy atom. The highest BCUT2D eigenvalue weighted by molar-refractivity contribution is 6.29. The fraction of sp³-hybridized carbons (Fsp3) is 0.207. The van der Waals surface area contributed by atoms with Crippen LogP contribution in [0.4, 0.5) is 5.95 Å². The van der Waals surface area contributed by atoms with Crippen LogP contribution in [0.3, 0.4) is 0 Å². The molecule has 3 aromatic rings. The maximum atomic E-state index is 12.9. The third-order valence-electron chi connectivity index (χ3n) is 5.66. The molecular formula is C29H30ClN7O6. The molecule has 0 bridgehead atoms. The number of anilines is 1. The van der Waals surface area contributed by atoms with E-state index in [0.29, 0.717) is 5.69 Å². The summed E-state index contributed by atoms with van der Waals surface area (Å²) in [5.74, 6) is -3.29. The average molecular weight is 608 g/mol. The zero-order valence-corrected chi connectivity index (χ0v) is 24.1. The number of esters is 1. The Bertz CT molecular complexity index is 1460. The van der Waals surface area contributed by atoms with Gasteiger partial charge in [-0.3, -0.25) is 19.2 Å². The molecule has 5 N–H and O–H groups in total. The molecule has 1 atom stereocenters. The van der Waals surface area contributed by atoms with Crippen LogP contribution in [0.15, 0.2) is 78.6 Å². The normalized spacial score (nSPS) is 11.5. The van der Waals surface area contributed by atoms with Crippen LogP contribution in [0.2, 0.25) is 5.15 Å². The van der Waals surface area contributed by atoms with Gasteiger partial charge >= 0.3 is 5.97 Å². The van der Waals surface area contributed by atoms with Crippen LogP contribution in [0.25, 0.3) is 0 Å². The maximum absolute atomic E-state index is 12.9. The predicted octanol–water partition coefficient (Wildman–Crippen LogP) is 1.25. The number of nitrogens with zero attached hydrogens (tertiary/aromatic N) is 2. The second-order valence-corrected chi connectivity index (χ2v) is 9.36. The molecular weight excluding hydrogens is 578 g/mol. The van der Waals surface area contributed by atoms with Crippen molar-refractivity contribution in [1.29, 1.82) is 0 Å². The number of carbonyl (C=O) groups excluding carboxylic acids is 5. The number of amides is 4. The van der Waals surface area contributed by atoms with Crippen molar-refractivity contribution in [2.45, 2.75) is 19.4 Å². The summed E-state index contributed by atoms with van der Waals surface area (Å²) in [5.41, 5.74) is 1.41. The number of hydrogen-bond donors (Lipinski definition) is 5.